The molecule has 0 bridgehead atoms. The first-order chi connectivity index (χ1) is 9.65. The Morgan fingerprint density at radius 1 is 1.20 bits per heavy atom. The number of carboxylic acids is 1. The van der Waals surface area contributed by atoms with Gasteiger partial charge in [-0.3, -0.25) is 4.79 Å². The number of hydrogen-bond acceptors (Lipinski definition) is 3. The second-order valence-corrected chi connectivity index (χ2v) is 6.27. The number of aliphatic carboxylic acids is 1. The number of carbonyl (C=O) groups is 2. The third-order valence-corrected chi connectivity index (χ3v) is 4.41. The van der Waals surface area contributed by atoms with Gasteiger partial charge < -0.3 is 15.7 Å². The van der Waals surface area contributed by atoms with E-state index in [0.29, 0.717) is 13.0 Å². The summed E-state index contributed by atoms with van der Waals surface area (Å²) < 4.78 is 0. The van der Waals surface area contributed by atoms with Crippen molar-refractivity contribution < 1.29 is 14.7 Å². The van der Waals surface area contributed by atoms with E-state index >= 15 is 0 Å². The van der Waals surface area contributed by atoms with Gasteiger partial charge in [-0.2, -0.15) is 11.8 Å². The highest BCUT2D eigenvalue weighted by atomic mass is 32.2. The molecule has 5 nitrogen and oxygen atoms in total. The van der Waals surface area contributed by atoms with Crippen LogP contribution in [0.1, 0.15) is 44.9 Å². The van der Waals surface area contributed by atoms with Crippen LogP contribution in [-0.4, -0.2) is 41.7 Å². The number of thioether (sulfide) groups is 1. The lowest BCUT2D eigenvalue weighted by molar-refractivity contribution is -0.143. The molecule has 2 atom stereocenters. The van der Waals surface area contributed by atoms with E-state index in [0.717, 1.165) is 37.9 Å². The van der Waals surface area contributed by atoms with Gasteiger partial charge in [0.1, 0.15) is 0 Å². The van der Waals surface area contributed by atoms with Crippen LogP contribution in [0, 0.1) is 5.92 Å². The monoisotopic (exact) mass is 302 g/mol. The minimum atomic E-state index is -0.799. The molecule has 6 heteroatoms. The molecule has 2 amide bonds. The third kappa shape index (κ3) is 6.50. The first-order valence-electron chi connectivity index (χ1n) is 7.41. The van der Waals surface area contributed by atoms with E-state index < -0.39 is 11.9 Å². The fraction of sp³-hybridized carbons (Fsp3) is 0.857. The molecule has 0 heterocycles. The molecule has 0 radical (unpaired) electrons. The van der Waals surface area contributed by atoms with E-state index in [9.17, 15) is 9.59 Å². The SMILES string of the molecule is CSCCCCCNC(=O)NC1CCCCC1C(=O)O. The van der Waals surface area contributed by atoms with Gasteiger partial charge in [0.25, 0.3) is 0 Å². The van der Waals surface area contributed by atoms with Gasteiger partial charge in [-0.25, -0.2) is 4.79 Å². The van der Waals surface area contributed by atoms with Crippen molar-refractivity contribution in [2.45, 2.75) is 51.0 Å². The summed E-state index contributed by atoms with van der Waals surface area (Å²) in [5.74, 6) is -0.0719. The highest BCUT2D eigenvalue weighted by molar-refractivity contribution is 7.98. The largest absolute Gasteiger partial charge is 0.481 e. The van der Waals surface area contributed by atoms with E-state index in [1.807, 2.05) is 11.8 Å². The summed E-state index contributed by atoms with van der Waals surface area (Å²) >= 11 is 1.84. The standard InChI is InChI=1S/C14H26N2O3S/c1-20-10-6-2-5-9-15-14(19)16-12-8-4-3-7-11(12)13(17)18/h11-12H,2-10H2,1H3,(H,17,18)(H2,15,16,19). The molecule has 0 spiro atoms. The molecular formula is C14H26N2O3S. The normalized spacial score (nSPS) is 22.2. The van der Waals surface area contributed by atoms with Crippen molar-refractivity contribution in [2.24, 2.45) is 5.92 Å². The molecule has 0 aliphatic heterocycles. The van der Waals surface area contributed by atoms with Crippen molar-refractivity contribution in [1.29, 1.82) is 0 Å². The summed E-state index contributed by atoms with van der Waals surface area (Å²) in [5, 5.41) is 14.8. The number of nitrogens with one attached hydrogen (secondary N) is 2. The molecule has 1 aliphatic rings. The zero-order chi connectivity index (χ0) is 14.8. The first-order valence-corrected chi connectivity index (χ1v) is 8.80. The summed E-state index contributed by atoms with van der Waals surface area (Å²) in [4.78, 5) is 22.9. The van der Waals surface area contributed by atoms with Crippen LogP contribution >= 0.6 is 11.8 Å². The maximum Gasteiger partial charge on any atom is 0.315 e. The lowest BCUT2D eigenvalue weighted by atomic mass is 9.84. The summed E-state index contributed by atoms with van der Waals surface area (Å²) in [5.41, 5.74) is 0. The average Bonchev–Trinajstić information content (AvgIpc) is 2.43. The molecule has 2 unspecified atom stereocenters. The predicted octanol–water partition coefficient (Wildman–Crippen LogP) is 2.46. The Morgan fingerprint density at radius 3 is 2.65 bits per heavy atom. The Morgan fingerprint density at radius 2 is 1.95 bits per heavy atom. The van der Waals surface area contributed by atoms with Crippen molar-refractivity contribution in [1.82, 2.24) is 10.6 Å². The number of urea groups is 1. The molecule has 0 saturated heterocycles. The van der Waals surface area contributed by atoms with Crippen molar-refractivity contribution in [2.75, 3.05) is 18.6 Å². The van der Waals surface area contributed by atoms with Crippen LogP contribution in [0.4, 0.5) is 4.79 Å². The molecule has 1 fully saturated rings. The van der Waals surface area contributed by atoms with E-state index in [4.69, 9.17) is 5.11 Å². The summed E-state index contributed by atoms with van der Waals surface area (Å²) in [6.07, 6.45) is 8.70. The van der Waals surface area contributed by atoms with Crippen molar-refractivity contribution in [3.05, 3.63) is 0 Å². The molecular weight excluding hydrogens is 276 g/mol. The molecule has 0 aromatic rings. The number of amides is 2. The maximum absolute atomic E-state index is 11.7. The Hall–Kier alpha value is -0.910. The quantitative estimate of drug-likeness (QED) is 0.602. The lowest BCUT2D eigenvalue weighted by Crippen LogP contribution is -2.48. The fourth-order valence-corrected chi connectivity index (χ4v) is 3.06. The van der Waals surface area contributed by atoms with Crippen molar-refractivity contribution in [3.63, 3.8) is 0 Å². The minimum absolute atomic E-state index is 0.224. The fourth-order valence-electron chi connectivity index (χ4n) is 2.57. The van der Waals surface area contributed by atoms with E-state index in [1.54, 1.807) is 0 Å². The number of carboxylic acid groups (broad SMARTS) is 1. The van der Waals surface area contributed by atoms with Crippen molar-refractivity contribution >= 4 is 23.8 Å². The number of carbonyl (C=O) groups excluding carboxylic acids is 1. The van der Waals surface area contributed by atoms with Crippen LogP contribution in [0.5, 0.6) is 0 Å². The summed E-state index contributed by atoms with van der Waals surface area (Å²) in [6, 6.07) is -0.453. The van der Waals surface area contributed by atoms with Crippen LogP contribution in [-0.2, 0) is 4.79 Å². The smallest absolute Gasteiger partial charge is 0.315 e. The van der Waals surface area contributed by atoms with E-state index in [1.165, 1.54) is 6.42 Å². The van der Waals surface area contributed by atoms with Crippen LogP contribution < -0.4 is 10.6 Å². The highest BCUT2D eigenvalue weighted by Crippen LogP contribution is 2.24. The Balaban J connectivity index is 2.18. The molecule has 1 aliphatic carbocycles. The molecule has 0 aromatic carbocycles. The van der Waals surface area contributed by atoms with Gasteiger partial charge in [-0.05, 0) is 37.7 Å². The number of hydrogen-bond donors (Lipinski definition) is 3. The summed E-state index contributed by atoms with van der Waals surface area (Å²) in [6.45, 7) is 0.657. The van der Waals surface area contributed by atoms with Gasteiger partial charge in [0.2, 0.25) is 0 Å². The van der Waals surface area contributed by atoms with Crippen LogP contribution in [0.3, 0.4) is 0 Å². The van der Waals surface area contributed by atoms with Crippen LogP contribution in [0.25, 0.3) is 0 Å². The molecule has 3 N–H and O–H groups in total. The first kappa shape index (κ1) is 17.1. The van der Waals surface area contributed by atoms with Crippen LogP contribution in [0.2, 0.25) is 0 Å². The Kier molecular flexibility index (Phi) is 8.49. The van der Waals surface area contributed by atoms with Crippen LogP contribution in [0.15, 0.2) is 0 Å². The second kappa shape index (κ2) is 9.91. The lowest BCUT2D eigenvalue weighted by Gasteiger charge is -2.29. The van der Waals surface area contributed by atoms with E-state index in [2.05, 4.69) is 16.9 Å². The molecule has 0 aromatic heterocycles. The third-order valence-electron chi connectivity index (χ3n) is 3.71. The van der Waals surface area contributed by atoms with Gasteiger partial charge in [-0.15, -0.1) is 0 Å². The zero-order valence-electron chi connectivity index (χ0n) is 12.2. The molecule has 1 rings (SSSR count). The van der Waals surface area contributed by atoms with Gasteiger partial charge >= 0.3 is 12.0 Å². The minimum Gasteiger partial charge on any atom is -0.481 e. The maximum atomic E-state index is 11.7. The number of rotatable bonds is 8. The molecule has 116 valence electrons. The van der Waals surface area contributed by atoms with Crippen molar-refractivity contribution in [3.8, 4) is 0 Å². The second-order valence-electron chi connectivity index (χ2n) is 5.29. The Bertz CT molecular complexity index is 313. The van der Waals surface area contributed by atoms with Gasteiger partial charge in [0.15, 0.2) is 0 Å². The highest BCUT2D eigenvalue weighted by Gasteiger charge is 2.31. The topological polar surface area (TPSA) is 78.4 Å². The summed E-state index contributed by atoms with van der Waals surface area (Å²) in [7, 11) is 0. The number of unbranched alkanes of at least 4 members (excludes halogenated alkanes) is 2. The van der Waals surface area contributed by atoms with Gasteiger partial charge in [0, 0.05) is 12.6 Å². The Labute approximate surface area is 125 Å². The molecule has 20 heavy (non-hydrogen) atoms. The van der Waals surface area contributed by atoms with Gasteiger partial charge in [0.05, 0.1) is 5.92 Å². The zero-order valence-corrected chi connectivity index (χ0v) is 13.0. The predicted molar refractivity (Wildman–Crippen MR) is 82.1 cm³/mol. The van der Waals surface area contributed by atoms with Gasteiger partial charge in [-0.1, -0.05) is 19.3 Å². The average molecular weight is 302 g/mol. The van der Waals surface area contributed by atoms with E-state index in [-0.39, 0.29) is 12.1 Å². The molecule has 1 saturated carbocycles.